The molecule has 0 spiro atoms. The van der Waals surface area contributed by atoms with Gasteiger partial charge in [-0.3, -0.25) is 0 Å². The van der Waals surface area contributed by atoms with Gasteiger partial charge in [-0.1, -0.05) is 12.1 Å². The average molecular weight is 222 g/mol. The Kier molecular flexibility index (Phi) is 2.76. The van der Waals surface area contributed by atoms with E-state index in [-0.39, 0.29) is 17.9 Å². The Balaban J connectivity index is 2.09. The van der Waals surface area contributed by atoms with Crippen LogP contribution >= 0.6 is 0 Å². The van der Waals surface area contributed by atoms with Gasteiger partial charge in [0.15, 0.2) is 0 Å². The molecule has 0 amide bonds. The van der Waals surface area contributed by atoms with Gasteiger partial charge in [0.05, 0.1) is 6.61 Å². The number of phenolic OH excluding ortho intramolecular Hbond substituents is 1. The Morgan fingerprint density at radius 3 is 2.81 bits per heavy atom. The van der Waals surface area contributed by atoms with Crippen molar-refractivity contribution in [3.05, 3.63) is 29.8 Å². The topological polar surface area (TPSA) is 72.8 Å². The minimum absolute atomic E-state index is 0.0437. The Hall–Kier alpha value is -2.04. The van der Waals surface area contributed by atoms with Crippen molar-refractivity contribution in [3.63, 3.8) is 0 Å². The fourth-order valence-electron chi connectivity index (χ4n) is 1.42. The van der Waals surface area contributed by atoms with Gasteiger partial charge in [-0.2, -0.15) is 0 Å². The van der Waals surface area contributed by atoms with Crippen molar-refractivity contribution in [2.75, 3.05) is 6.61 Å². The summed E-state index contributed by atoms with van der Waals surface area (Å²) in [7, 11) is 0. The number of aromatic hydroxyl groups is 1. The molecule has 0 saturated carbocycles. The normalized spacial score (nSPS) is 19.2. The van der Waals surface area contributed by atoms with E-state index in [0.29, 0.717) is 6.42 Å². The highest BCUT2D eigenvalue weighted by Gasteiger charge is 2.31. The van der Waals surface area contributed by atoms with Gasteiger partial charge in [0.2, 0.25) is 6.10 Å². The first kappa shape index (κ1) is 10.5. The van der Waals surface area contributed by atoms with Crippen molar-refractivity contribution in [2.24, 2.45) is 0 Å². The van der Waals surface area contributed by atoms with Gasteiger partial charge < -0.3 is 14.6 Å². The fourth-order valence-corrected chi connectivity index (χ4v) is 1.42. The van der Waals surface area contributed by atoms with Crippen LogP contribution in [0.4, 0.5) is 0 Å². The van der Waals surface area contributed by atoms with E-state index in [0.717, 1.165) is 0 Å². The quantitative estimate of drug-likeness (QED) is 0.751. The molecule has 1 atom stereocenters. The summed E-state index contributed by atoms with van der Waals surface area (Å²) in [5.74, 6) is -1.43. The number of hydrogen-bond donors (Lipinski definition) is 1. The third-order valence-corrected chi connectivity index (χ3v) is 2.26. The molecule has 1 heterocycles. The van der Waals surface area contributed by atoms with Crippen LogP contribution in [0.1, 0.15) is 16.8 Å². The molecule has 84 valence electrons. The minimum atomic E-state index is -0.855. The van der Waals surface area contributed by atoms with Crippen LogP contribution in [0.2, 0.25) is 0 Å². The second-order valence-corrected chi connectivity index (χ2v) is 3.37. The molecule has 5 nitrogen and oxygen atoms in total. The molecule has 0 aromatic heterocycles. The maximum absolute atomic E-state index is 11.6. The summed E-state index contributed by atoms with van der Waals surface area (Å²) in [5, 5.41) is 9.40. The minimum Gasteiger partial charge on any atom is -0.507 e. The number of carbonyl (C=O) groups excluding carboxylic acids is 2. The molecule has 2 rings (SSSR count). The Morgan fingerprint density at radius 1 is 1.44 bits per heavy atom. The van der Waals surface area contributed by atoms with E-state index in [9.17, 15) is 14.7 Å². The van der Waals surface area contributed by atoms with E-state index < -0.39 is 18.0 Å². The number of hydrogen-bond acceptors (Lipinski definition) is 5. The molecule has 1 saturated heterocycles. The number of esters is 2. The Labute approximate surface area is 91.6 Å². The van der Waals surface area contributed by atoms with Crippen molar-refractivity contribution >= 4 is 11.9 Å². The molecule has 1 aliphatic heterocycles. The molecule has 0 bridgehead atoms. The fraction of sp³-hybridized carbons (Fsp3) is 0.273. The zero-order chi connectivity index (χ0) is 11.5. The number of phenols is 1. The summed E-state index contributed by atoms with van der Waals surface area (Å²) in [6, 6.07) is 6.00. The second kappa shape index (κ2) is 4.22. The molecule has 1 aromatic rings. The lowest BCUT2D eigenvalue weighted by Crippen LogP contribution is -2.22. The maximum Gasteiger partial charge on any atom is 0.347 e. The molecule has 5 heteroatoms. The second-order valence-electron chi connectivity index (χ2n) is 3.37. The van der Waals surface area contributed by atoms with Crippen molar-refractivity contribution in [1.29, 1.82) is 0 Å². The van der Waals surface area contributed by atoms with Crippen LogP contribution in [0.25, 0.3) is 0 Å². The van der Waals surface area contributed by atoms with E-state index in [4.69, 9.17) is 4.74 Å². The summed E-state index contributed by atoms with van der Waals surface area (Å²) >= 11 is 0. The summed E-state index contributed by atoms with van der Waals surface area (Å²) in [5.41, 5.74) is 0.0437. The summed E-state index contributed by atoms with van der Waals surface area (Å²) < 4.78 is 9.57. The third kappa shape index (κ3) is 1.98. The highest BCUT2D eigenvalue weighted by atomic mass is 16.6. The molecule has 16 heavy (non-hydrogen) atoms. The summed E-state index contributed by atoms with van der Waals surface area (Å²) in [4.78, 5) is 22.6. The zero-order valence-electron chi connectivity index (χ0n) is 8.38. The van der Waals surface area contributed by atoms with Gasteiger partial charge >= 0.3 is 11.9 Å². The van der Waals surface area contributed by atoms with Crippen molar-refractivity contribution in [2.45, 2.75) is 12.5 Å². The predicted octanol–water partition coefficient (Wildman–Crippen LogP) is 0.864. The molecule has 1 N–H and O–H groups in total. The van der Waals surface area contributed by atoms with Gasteiger partial charge in [0.25, 0.3) is 0 Å². The van der Waals surface area contributed by atoms with Crippen LogP contribution in [-0.2, 0) is 14.3 Å². The van der Waals surface area contributed by atoms with Gasteiger partial charge in [0, 0.05) is 6.42 Å². The number of rotatable bonds is 2. The smallest absolute Gasteiger partial charge is 0.347 e. The SMILES string of the molecule is O=C(OC1CCOC1=O)c1ccccc1O. The summed E-state index contributed by atoms with van der Waals surface area (Å²) in [6.45, 7) is 0.261. The van der Waals surface area contributed by atoms with Crippen LogP contribution in [0.3, 0.4) is 0 Å². The Morgan fingerprint density at radius 2 is 2.19 bits per heavy atom. The molecular weight excluding hydrogens is 212 g/mol. The molecule has 0 radical (unpaired) electrons. The Bertz CT molecular complexity index is 426. The number of para-hydroxylation sites is 1. The van der Waals surface area contributed by atoms with Crippen molar-refractivity contribution < 1.29 is 24.2 Å². The number of cyclic esters (lactones) is 1. The first-order valence-corrected chi connectivity index (χ1v) is 4.84. The van der Waals surface area contributed by atoms with E-state index in [1.165, 1.54) is 12.1 Å². The number of carbonyl (C=O) groups is 2. The molecule has 1 fully saturated rings. The highest BCUT2D eigenvalue weighted by molar-refractivity contribution is 5.94. The standard InChI is InChI=1S/C11H10O5/c12-8-4-2-1-3-7(8)10(13)16-9-5-6-15-11(9)14/h1-4,9,12H,5-6H2. The highest BCUT2D eigenvalue weighted by Crippen LogP contribution is 2.19. The average Bonchev–Trinajstić information content (AvgIpc) is 2.65. The van der Waals surface area contributed by atoms with Crippen LogP contribution in [0.15, 0.2) is 24.3 Å². The maximum atomic E-state index is 11.6. The van der Waals surface area contributed by atoms with Crippen LogP contribution in [0.5, 0.6) is 5.75 Å². The molecule has 1 aliphatic rings. The summed E-state index contributed by atoms with van der Waals surface area (Å²) in [6.07, 6.45) is -0.495. The first-order chi connectivity index (χ1) is 7.68. The molecular formula is C11H10O5. The lowest BCUT2D eigenvalue weighted by molar-refractivity contribution is -0.145. The number of ether oxygens (including phenoxy) is 2. The largest absolute Gasteiger partial charge is 0.507 e. The zero-order valence-corrected chi connectivity index (χ0v) is 8.38. The van der Waals surface area contributed by atoms with Gasteiger partial charge in [-0.05, 0) is 12.1 Å². The molecule has 0 aliphatic carbocycles. The lowest BCUT2D eigenvalue weighted by atomic mass is 10.2. The predicted molar refractivity (Wildman–Crippen MR) is 52.9 cm³/mol. The van der Waals surface area contributed by atoms with E-state index in [2.05, 4.69) is 4.74 Å². The molecule has 1 unspecified atom stereocenters. The van der Waals surface area contributed by atoms with E-state index >= 15 is 0 Å². The van der Waals surface area contributed by atoms with Crippen molar-refractivity contribution in [1.82, 2.24) is 0 Å². The lowest BCUT2D eigenvalue weighted by Gasteiger charge is -2.08. The first-order valence-electron chi connectivity index (χ1n) is 4.84. The van der Waals surface area contributed by atoms with Gasteiger partial charge in [-0.25, -0.2) is 9.59 Å². The van der Waals surface area contributed by atoms with Gasteiger partial charge in [-0.15, -0.1) is 0 Å². The van der Waals surface area contributed by atoms with E-state index in [1.54, 1.807) is 12.1 Å². The van der Waals surface area contributed by atoms with E-state index in [1.807, 2.05) is 0 Å². The monoisotopic (exact) mass is 222 g/mol. The third-order valence-electron chi connectivity index (χ3n) is 2.26. The van der Waals surface area contributed by atoms with Crippen molar-refractivity contribution in [3.8, 4) is 5.75 Å². The van der Waals surface area contributed by atoms with Gasteiger partial charge in [0.1, 0.15) is 11.3 Å². The molecule has 1 aromatic carbocycles. The van der Waals surface area contributed by atoms with Crippen LogP contribution < -0.4 is 0 Å². The number of benzene rings is 1. The van der Waals surface area contributed by atoms with Crippen LogP contribution in [0, 0.1) is 0 Å². The van der Waals surface area contributed by atoms with Crippen LogP contribution in [-0.4, -0.2) is 29.8 Å².